The molecule has 2 aromatic rings. The predicted molar refractivity (Wildman–Crippen MR) is 123 cm³/mol. The molecule has 0 aliphatic carbocycles. The second kappa shape index (κ2) is 10.6. The predicted octanol–water partition coefficient (Wildman–Crippen LogP) is -0.00764. The van der Waals surface area contributed by atoms with Gasteiger partial charge in [-0.2, -0.15) is 0 Å². The van der Waals surface area contributed by atoms with Crippen LogP contribution in [0.15, 0.2) is 42.5 Å². The summed E-state index contributed by atoms with van der Waals surface area (Å²) in [6, 6.07) is 14.3. The van der Waals surface area contributed by atoms with E-state index in [0.717, 1.165) is 43.0 Å². The molecule has 1 saturated heterocycles. The summed E-state index contributed by atoms with van der Waals surface area (Å²) in [4.78, 5) is 29.5. The lowest BCUT2D eigenvalue weighted by Crippen LogP contribution is -3.28. The lowest BCUT2D eigenvalue weighted by Gasteiger charge is -2.30. The molecule has 0 aromatic heterocycles. The summed E-state index contributed by atoms with van der Waals surface area (Å²) in [7, 11) is 1.88. The minimum Gasteiger partial charge on any atom is -0.337 e. The standard InChI is InChI=1S/C25H34N4O2/c1-19-8-10-22(11-9-19)16-27(4)25(31)18-29-14-12-28(13-15-29)17-24(30)26-23-7-5-6-20(2)21(23)3/h5-11H,12-18H2,1-4H3,(H,26,30)/p+2. The van der Waals surface area contributed by atoms with Crippen molar-refractivity contribution in [1.82, 2.24) is 4.90 Å². The third kappa shape index (κ3) is 6.64. The molecule has 1 aliphatic heterocycles. The van der Waals surface area contributed by atoms with Crippen molar-refractivity contribution in [2.24, 2.45) is 0 Å². The van der Waals surface area contributed by atoms with Gasteiger partial charge in [-0.05, 0) is 43.5 Å². The zero-order valence-corrected chi connectivity index (χ0v) is 19.3. The lowest BCUT2D eigenvalue weighted by molar-refractivity contribution is -1.00. The van der Waals surface area contributed by atoms with Gasteiger partial charge in [0.25, 0.3) is 11.8 Å². The van der Waals surface area contributed by atoms with E-state index in [4.69, 9.17) is 0 Å². The SMILES string of the molecule is Cc1ccc(CN(C)C(=O)C[NH+]2CC[NH+](CC(=O)Nc3cccc(C)c3C)CC2)cc1. The zero-order chi connectivity index (χ0) is 22.4. The number of piperazine rings is 1. The molecule has 31 heavy (non-hydrogen) atoms. The van der Waals surface area contributed by atoms with Crippen molar-refractivity contribution >= 4 is 17.5 Å². The fourth-order valence-electron chi connectivity index (χ4n) is 4.02. The van der Waals surface area contributed by atoms with Gasteiger partial charge < -0.3 is 20.0 Å². The molecule has 3 N–H and O–H groups in total. The number of nitrogens with one attached hydrogen (secondary N) is 3. The Labute approximate surface area is 185 Å². The molecular weight excluding hydrogens is 388 g/mol. The molecule has 0 radical (unpaired) electrons. The third-order valence-electron chi connectivity index (χ3n) is 6.32. The highest BCUT2D eigenvalue weighted by molar-refractivity contribution is 5.92. The van der Waals surface area contributed by atoms with E-state index < -0.39 is 0 Å². The Morgan fingerprint density at radius 1 is 0.903 bits per heavy atom. The second-order valence-corrected chi connectivity index (χ2v) is 8.88. The molecule has 0 spiro atoms. The molecule has 2 aromatic carbocycles. The summed E-state index contributed by atoms with van der Waals surface area (Å²) < 4.78 is 0. The van der Waals surface area contributed by atoms with Crippen molar-refractivity contribution < 1.29 is 19.4 Å². The number of rotatable bonds is 7. The second-order valence-electron chi connectivity index (χ2n) is 8.88. The van der Waals surface area contributed by atoms with E-state index in [1.54, 1.807) is 0 Å². The van der Waals surface area contributed by atoms with Crippen molar-refractivity contribution in [2.45, 2.75) is 27.3 Å². The van der Waals surface area contributed by atoms with E-state index in [-0.39, 0.29) is 11.8 Å². The Balaban J connectivity index is 1.40. The maximum Gasteiger partial charge on any atom is 0.279 e. The number of aryl methyl sites for hydroxylation is 2. The first-order chi connectivity index (χ1) is 14.8. The number of hydrogen-bond acceptors (Lipinski definition) is 2. The fourth-order valence-corrected chi connectivity index (χ4v) is 4.02. The molecule has 166 valence electrons. The van der Waals surface area contributed by atoms with Gasteiger partial charge in [0, 0.05) is 19.3 Å². The maximum absolute atomic E-state index is 12.6. The van der Waals surface area contributed by atoms with Crippen LogP contribution in [0, 0.1) is 20.8 Å². The van der Waals surface area contributed by atoms with E-state index in [0.29, 0.717) is 19.6 Å². The first kappa shape index (κ1) is 23.0. The molecule has 6 heteroatoms. The Morgan fingerprint density at radius 2 is 1.52 bits per heavy atom. The van der Waals surface area contributed by atoms with Crippen LogP contribution in [0.2, 0.25) is 0 Å². The number of likely N-dealkylation sites (N-methyl/N-ethyl adjacent to an activating group) is 1. The molecule has 6 nitrogen and oxygen atoms in total. The van der Waals surface area contributed by atoms with E-state index in [9.17, 15) is 9.59 Å². The van der Waals surface area contributed by atoms with Crippen LogP contribution in [0.5, 0.6) is 0 Å². The van der Waals surface area contributed by atoms with Gasteiger partial charge in [-0.15, -0.1) is 0 Å². The Kier molecular flexibility index (Phi) is 7.82. The van der Waals surface area contributed by atoms with Crippen LogP contribution in [0.3, 0.4) is 0 Å². The van der Waals surface area contributed by atoms with Crippen molar-refractivity contribution in [3.63, 3.8) is 0 Å². The van der Waals surface area contributed by atoms with Crippen LogP contribution in [-0.2, 0) is 16.1 Å². The van der Waals surface area contributed by atoms with Crippen molar-refractivity contribution in [2.75, 3.05) is 51.6 Å². The fraction of sp³-hybridized carbons (Fsp3) is 0.440. The number of anilines is 1. The minimum atomic E-state index is 0.0565. The average molecular weight is 425 g/mol. The number of carbonyl (C=O) groups is 2. The Morgan fingerprint density at radius 3 is 2.16 bits per heavy atom. The van der Waals surface area contributed by atoms with E-state index in [1.807, 2.05) is 31.0 Å². The summed E-state index contributed by atoms with van der Waals surface area (Å²) >= 11 is 0. The quantitative estimate of drug-likeness (QED) is 0.586. The maximum atomic E-state index is 12.6. The number of carbonyl (C=O) groups excluding carboxylic acids is 2. The summed E-state index contributed by atoms with van der Waals surface area (Å²) in [5, 5.41) is 3.06. The zero-order valence-electron chi connectivity index (χ0n) is 19.3. The van der Waals surface area contributed by atoms with Gasteiger partial charge in [-0.1, -0.05) is 42.0 Å². The molecule has 1 aliphatic rings. The number of quaternary nitrogens is 2. The van der Waals surface area contributed by atoms with Gasteiger partial charge >= 0.3 is 0 Å². The lowest BCUT2D eigenvalue weighted by atomic mass is 10.1. The van der Waals surface area contributed by atoms with Crippen LogP contribution in [0.1, 0.15) is 22.3 Å². The van der Waals surface area contributed by atoms with E-state index in [2.05, 4.69) is 49.5 Å². The average Bonchev–Trinajstić information content (AvgIpc) is 2.74. The summed E-state index contributed by atoms with van der Waals surface area (Å²) in [6.45, 7) is 11.4. The highest BCUT2D eigenvalue weighted by atomic mass is 16.2. The Hall–Kier alpha value is -2.70. The van der Waals surface area contributed by atoms with Gasteiger partial charge in [0.1, 0.15) is 26.2 Å². The first-order valence-corrected chi connectivity index (χ1v) is 11.1. The van der Waals surface area contributed by atoms with Crippen molar-refractivity contribution in [3.8, 4) is 0 Å². The number of nitrogens with zero attached hydrogens (tertiary/aromatic N) is 1. The molecule has 1 fully saturated rings. The van der Waals surface area contributed by atoms with Crippen LogP contribution >= 0.6 is 0 Å². The molecule has 2 amide bonds. The highest BCUT2D eigenvalue weighted by Crippen LogP contribution is 2.17. The number of amides is 2. The molecule has 0 bridgehead atoms. The molecule has 1 heterocycles. The van der Waals surface area contributed by atoms with Crippen LogP contribution in [-0.4, -0.2) is 63.0 Å². The number of benzene rings is 2. The molecule has 0 atom stereocenters. The smallest absolute Gasteiger partial charge is 0.279 e. The molecular formula is C25H36N4O2+2. The topological polar surface area (TPSA) is 58.3 Å². The van der Waals surface area contributed by atoms with Crippen LogP contribution < -0.4 is 15.1 Å². The van der Waals surface area contributed by atoms with Gasteiger partial charge in [-0.25, -0.2) is 0 Å². The van der Waals surface area contributed by atoms with E-state index in [1.165, 1.54) is 20.9 Å². The van der Waals surface area contributed by atoms with Crippen molar-refractivity contribution in [1.29, 1.82) is 0 Å². The summed E-state index contributed by atoms with van der Waals surface area (Å²) in [5.41, 5.74) is 5.58. The van der Waals surface area contributed by atoms with Crippen LogP contribution in [0.25, 0.3) is 0 Å². The monoisotopic (exact) mass is 424 g/mol. The van der Waals surface area contributed by atoms with Gasteiger partial charge in [0.2, 0.25) is 0 Å². The largest absolute Gasteiger partial charge is 0.337 e. The highest BCUT2D eigenvalue weighted by Gasteiger charge is 2.27. The molecule has 0 saturated carbocycles. The Bertz CT molecular complexity index is 902. The number of hydrogen-bond donors (Lipinski definition) is 3. The molecule has 0 unspecified atom stereocenters. The summed E-state index contributed by atoms with van der Waals surface area (Å²) in [6.07, 6.45) is 0. The third-order valence-corrected chi connectivity index (χ3v) is 6.32. The van der Waals surface area contributed by atoms with Gasteiger partial charge in [-0.3, -0.25) is 9.59 Å². The van der Waals surface area contributed by atoms with Crippen LogP contribution in [0.4, 0.5) is 5.69 Å². The minimum absolute atomic E-state index is 0.0565. The first-order valence-electron chi connectivity index (χ1n) is 11.1. The van der Waals surface area contributed by atoms with Gasteiger partial charge in [0.05, 0.1) is 0 Å². The summed E-state index contributed by atoms with van der Waals surface area (Å²) in [5.74, 6) is 0.229. The van der Waals surface area contributed by atoms with Crippen molar-refractivity contribution in [3.05, 3.63) is 64.7 Å². The molecule has 3 rings (SSSR count). The normalized spacial score (nSPS) is 18.5. The van der Waals surface area contributed by atoms with E-state index >= 15 is 0 Å². The van der Waals surface area contributed by atoms with Gasteiger partial charge in [0.15, 0.2) is 13.1 Å².